The number of carbonyl (C=O) groups excluding carboxylic acids is 2. The highest BCUT2D eigenvalue weighted by molar-refractivity contribution is 5.85. The highest BCUT2D eigenvalue weighted by Gasteiger charge is 2.25. The molecular formula is C23H26N2O5. The SMILES string of the molecule is Cc1oc(-c2ccco2)nc1CC(=O)N[C@@H](CC(C)C)C(=O)OCc1ccccc1. The lowest BCUT2D eigenvalue weighted by Crippen LogP contribution is -2.43. The van der Waals surface area contributed by atoms with E-state index in [0.29, 0.717) is 29.5 Å². The van der Waals surface area contributed by atoms with Crippen molar-refractivity contribution < 1.29 is 23.2 Å². The predicted octanol–water partition coefficient (Wildman–Crippen LogP) is 4.06. The third-order valence-electron chi connectivity index (χ3n) is 4.50. The first-order valence-corrected chi connectivity index (χ1v) is 9.92. The number of furan rings is 1. The first-order chi connectivity index (χ1) is 14.4. The lowest BCUT2D eigenvalue weighted by atomic mass is 10.0. The number of nitrogens with zero attached hydrogens (tertiary/aromatic N) is 1. The highest BCUT2D eigenvalue weighted by Crippen LogP contribution is 2.22. The maximum atomic E-state index is 12.6. The first kappa shape index (κ1) is 21.4. The lowest BCUT2D eigenvalue weighted by Gasteiger charge is -2.19. The van der Waals surface area contributed by atoms with Crippen LogP contribution >= 0.6 is 0 Å². The standard InChI is InChI=1S/C23H26N2O5/c1-15(2)12-19(23(27)29-14-17-8-5-4-6-9-17)24-21(26)13-18-16(3)30-22(25-18)20-10-7-11-28-20/h4-11,15,19H,12-14H2,1-3H3,(H,24,26)/t19-/m0/s1. The molecule has 0 aliphatic heterocycles. The minimum Gasteiger partial charge on any atom is -0.459 e. The molecule has 1 aromatic carbocycles. The van der Waals surface area contributed by atoms with Gasteiger partial charge in [0.2, 0.25) is 5.91 Å². The third kappa shape index (κ3) is 5.83. The zero-order chi connectivity index (χ0) is 21.5. The van der Waals surface area contributed by atoms with Gasteiger partial charge in [0.05, 0.1) is 18.4 Å². The van der Waals surface area contributed by atoms with Crippen molar-refractivity contribution in [2.75, 3.05) is 0 Å². The highest BCUT2D eigenvalue weighted by atomic mass is 16.5. The van der Waals surface area contributed by atoms with Gasteiger partial charge in [0.15, 0.2) is 5.76 Å². The van der Waals surface area contributed by atoms with Gasteiger partial charge < -0.3 is 18.9 Å². The van der Waals surface area contributed by atoms with Crippen molar-refractivity contribution in [2.24, 2.45) is 5.92 Å². The number of rotatable bonds is 9. The van der Waals surface area contributed by atoms with Crippen molar-refractivity contribution in [1.82, 2.24) is 10.3 Å². The monoisotopic (exact) mass is 410 g/mol. The van der Waals surface area contributed by atoms with Crippen LogP contribution in [0.4, 0.5) is 0 Å². The van der Waals surface area contributed by atoms with Crippen LogP contribution in [0.3, 0.4) is 0 Å². The van der Waals surface area contributed by atoms with E-state index in [9.17, 15) is 9.59 Å². The van der Waals surface area contributed by atoms with Crippen LogP contribution in [0.5, 0.6) is 0 Å². The summed E-state index contributed by atoms with van der Waals surface area (Å²) in [6, 6.07) is 12.2. The summed E-state index contributed by atoms with van der Waals surface area (Å²) in [6.45, 7) is 5.88. The van der Waals surface area contributed by atoms with E-state index >= 15 is 0 Å². The molecule has 0 aliphatic rings. The van der Waals surface area contributed by atoms with Crippen LogP contribution in [-0.2, 0) is 27.4 Å². The molecular weight excluding hydrogens is 384 g/mol. The average molecular weight is 410 g/mol. The summed E-state index contributed by atoms with van der Waals surface area (Å²) in [5.41, 5.74) is 1.39. The second-order valence-corrected chi connectivity index (χ2v) is 7.52. The van der Waals surface area contributed by atoms with Gasteiger partial charge in [-0.2, -0.15) is 0 Å². The molecule has 158 valence electrons. The minimum absolute atomic E-state index is 0.00337. The fourth-order valence-corrected chi connectivity index (χ4v) is 3.01. The molecule has 1 N–H and O–H groups in total. The van der Waals surface area contributed by atoms with Gasteiger partial charge >= 0.3 is 5.97 Å². The summed E-state index contributed by atoms with van der Waals surface area (Å²) >= 11 is 0. The van der Waals surface area contributed by atoms with E-state index in [1.807, 2.05) is 44.2 Å². The molecule has 0 unspecified atom stereocenters. The number of aryl methyl sites for hydroxylation is 1. The molecule has 30 heavy (non-hydrogen) atoms. The van der Waals surface area contributed by atoms with Crippen molar-refractivity contribution in [1.29, 1.82) is 0 Å². The molecule has 0 saturated carbocycles. The van der Waals surface area contributed by atoms with E-state index in [-0.39, 0.29) is 24.9 Å². The van der Waals surface area contributed by atoms with Crippen molar-refractivity contribution in [3.05, 3.63) is 65.7 Å². The molecule has 0 bridgehead atoms. The third-order valence-corrected chi connectivity index (χ3v) is 4.50. The van der Waals surface area contributed by atoms with E-state index in [1.165, 1.54) is 6.26 Å². The Morgan fingerprint density at radius 1 is 1.13 bits per heavy atom. The summed E-state index contributed by atoms with van der Waals surface area (Å²) in [4.78, 5) is 29.5. The van der Waals surface area contributed by atoms with Crippen LogP contribution < -0.4 is 5.32 Å². The lowest BCUT2D eigenvalue weighted by molar-refractivity contribution is -0.149. The fraction of sp³-hybridized carbons (Fsp3) is 0.348. The number of benzene rings is 1. The van der Waals surface area contributed by atoms with Gasteiger partial charge in [-0.15, -0.1) is 0 Å². The summed E-state index contributed by atoms with van der Waals surface area (Å²) in [7, 11) is 0. The molecule has 2 heterocycles. The zero-order valence-electron chi connectivity index (χ0n) is 17.4. The molecule has 0 fully saturated rings. The molecule has 1 amide bonds. The number of amides is 1. The van der Waals surface area contributed by atoms with Crippen molar-refractivity contribution in [2.45, 2.75) is 46.3 Å². The van der Waals surface area contributed by atoms with Crippen LogP contribution in [-0.4, -0.2) is 22.9 Å². The zero-order valence-corrected chi connectivity index (χ0v) is 17.4. The smallest absolute Gasteiger partial charge is 0.328 e. The summed E-state index contributed by atoms with van der Waals surface area (Å²) in [5, 5.41) is 2.79. The number of aromatic nitrogens is 1. The summed E-state index contributed by atoms with van der Waals surface area (Å²) in [5.74, 6) is 0.782. The molecule has 7 nitrogen and oxygen atoms in total. The molecule has 3 aromatic rings. The molecule has 0 radical (unpaired) electrons. The Morgan fingerprint density at radius 2 is 1.90 bits per heavy atom. The predicted molar refractivity (Wildman–Crippen MR) is 110 cm³/mol. The molecule has 1 atom stereocenters. The Bertz CT molecular complexity index is 961. The quantitative estimate of drug-likeness (QED) is 0.535. The van der Waals surface area contributed by atoms with Gasteiger partial charge in [0.25, 0.3) is 5.89 Å². The van der Waals surface area contributed by atoms with Crippen LogP contribution in [0.2, 0.25) is 0 Å². The van der Waals surface area contributed by atoms with E-state index in [4.69, 9.17) is 13.6 Å². The molecule has 0 spiro atoms. The van der Waals surface area contributed by atoms with E-state index in [0.717, 1.165) is 5.56 Å². The van der Waals surface area contributed by atoms with Gasteiger partial charge in [-0.1, -0.05) is 44.2 Å². The molecule has 7 heteroatoms. The van der Waals surface area contributed by atoms with Crippen molar-refractivity contribution in [3.8, 4) is 11.7 Å². The van der Waals surface area contributed by atoms with Gasteiger partial charge in [0, 0.05) is 0 Å². The number of hydrogen-bond acceptors (Lipinski definition) is 6. The van der Waals surface area contributed by atoms with Crippen molar-refractivity contribution >= 4 is 11.9 Å². The maximum absolute atomic E-state index is 12.6. The van der Waals surface area contributed by atoms with E-state index in [2.05, 4.69) is 10.3 Å². The van der Waals surface area contributed by atoms with Crippen LogP contribution in [0, 0.1) is 12.8 Å². The van der Waals surface area contributed by atoms with Gasteiger partial charge in [-0.05, 0) is 37.0 Å². The largest absolute Gasteiger partial charge is 0.459 e. The summed E-state index contributed by atoms with van der Waals surface area (Å²) in [6.07, 6.45) is 2.00. The number of carbonyl (C=O) groups is 2. The van der Waals surface area contributed by atoms with E-state index in [1.54, 1.807) is 19.1 Å². The Morgan fingerprint density at radius 3 is 2.57 bits per heavy atom. The molecule has 0 saturated heterocycles. The second-order valence-electron chi connectivity index (χ2n) is 7.52. The maximum Gasteiger partial charge on any atom is 0.328 e. The normalized spacial score (nSPS) is 12.0. The number of oxazole rings is 1. The first-order valence-electron chi connectivity index (χ1n) is 9.92. The fourth-order valence-electron chi connectivity index (χ4n) is 3.01. The number of nitrogens with one attached hydrogen (secondary N) is 1. The summed E-state index contributed by atoms with van der Waals surface area (Å²) < 4.78 is 16.3. The van der Waals surface area contributed by atoms with Gasteiger partial charge in [-0.3, -0.25) is 4.79 Å². The van der Waals surface area contributed by atoms with Gasteiger partial charge in [-0.25, -0.2) is 9.78 Å². The topological polar surface area (TPSA) is 94.6 Å². The minimum atomic E-state index is -0.724. The van der Waals surface area contributed by atoms with Crippen LogP contribution in [0.15, 0.2) is 57.6 Å². The molecule has 2 aromatic heterocycles. The van der Waals surface area contributed by atoms with Crippen LogP contribution in [0.1, 0.15) is 37.3 Å². The Hall–Kier alpha value is -3.35. The Labute approximate surface area is 175 Å². The average Bonchev–Trinajstić information content (AvgIpc) is 3.36. The molecule has 0 aliphatic carbocycles. The van der Waals surface area contributed by atoms with Crippen molar-refractivity contribution in [3.63, 3.8) is 0 Å². The number of hydrogen-bond donors (Lipinski definition) is 1. The number of ether oxygens (including phenoxy) is 1. The molecule has 3 rings (SSSR count). The van der Waals surface area contributed by atoms with Crippen LogP contribution in [0.25, 0.3) is 11.7 Å². The second kappa shape index (κ2) is 9.91. The van der Waals surface area contributed by atoms with E-state index < -0.39 is 12.0 Å². The Kier molecular flexibility index (Phi) is 7.06. The Balaban J connectivity index is 1.61. The van der Waals surface area contributed by atoms with Gasteiger partial charge in [0.1, 0.15) is 18.4 Å². The number of esters is 1.